The molecule has 0 unspecified atom stereocenters. The summed E-state index contributed by atoms with van der Waals surface area (Å²) in [5, 5.41) is 0. The third-order valence-corrected chi connectivity index (χ3v) is 3.23. The fraction of sp³-hybridized carbons (Fsp3) is 0.500. The Labute approximate surface area is 102 Å². The van der Waals surface area contributed by atoms with Crippen molar-refractivity contribution in [3.63, 3.8) is 0 Å². The molecule has 1 fully saturated rings. The molecule has 1 aromatic rings. The van der Waals surface area contributed by atoms with Crippen LogP contribution in [0.5, 0.6) is 0 Å². The first kappa shape index (κ1) is 12.1. The topological polar surface area (TPSA) is 29.5 Å². The van der Waals surface area contributed by atoms with Crippen molar-refractivity contribution < 1.29 is 9.53 Å². The van der Waals surface area contributed by atoms with Crippen LogP contribution in [0.25, 0.3) is 0 Å². The highest BCUT2D eigenvalue weighted by Crippen LogP contribution is 2.20. The van der Waals surface area contributed by atoms with Crippen LogP contribution in [0, 0.1) is 6.92 Å². The van der Waals surface area contributed by atoms with E-state index in [0.29, 0.717) is 0 Å². The zero-order valence-electron chi connectivity index (χ0n) is 10.6. The van der Waals surface area contributed by atoms with E-state index in [1.807, 2.05) is 14.0 Å². The molecule has 92 valence electrons. The highest BCUT2D eigenvalue weighted by Gasteiger charge is 2.34. The number of esters is 1. The normalized spacial score (nSPS) is 24.1. The molecule has 1 saturated heterocycles. The third-order valence-electron chi connectivity index (χ3n) is 3.23. The maximum absolute atomic E-state index is 11.6. The molecule has 0 bridgehead atoms. The second-order valence-electron chi connectivity index (χ2n) is 4.90. The van der Waals surface area contributed by atoms with Gasteiger partial charge in [0.15, 0.2) is 0 Å². The summed E-state index contributed by atoms with van der Waals surface area (Å²) >= 11 is 0. The molecule has 1 aromatic carbocycles. The lowest BCUT2D eigenvalue weighted by atomic mass is 10.1. The summed E-state index contributed by atoms with van der Waals surface area (Å²) in [6.45, 7) is 4.80. The number of hydrogen-bond donors (Lipinski definition) is 0. The number of nitrogens with zero attached hydrogens (tertiary/aromatic N) is 1. The van der Waals surface area contributed by atoms with E-state index in [1.54, 1.807) is 0 Å². The van der Waals surface area contributed by atoms with Gasteiger partial charge in [0, 0.05) is 13.0 Å². The van der Waals surface area contributed by atoms with Crippen molar-refractivity contribution in [2.45, 2.75) is 39.0 Å². The molecule has 1 aliphatic rings. The third kappa shape index (κ3) is 2.86. The largest absolute Gasteiger partial charge is 0.461 e. The van der Waals surface area contributed by atoms with Gasteiger partial charge < -0.3 is 4.74 Å². The zero-order chi connectivity index (χ0) is 12.4. The van der Waals surface area contributed by atoms with Gasteiger partial charge in [-0.3, -0.25) is 9.69 Å². The highest BCUT2D eigenvalue weighted by atomic mass is 16.6. The second kappa shape index (κ2) is 4.88. The van der Waals surface area contributed by atoms with Gasteiger partial charge in [0.1, 0.15) is 12.1 Å². The quantitative estimate of drug-likeness (QED) is 0.749. The summed E-state index contributed by atoms with van der Waals surface area (Å²) in [4.78, 5) is 13.7. The van der Waals surface area contributed by atoms with E-state index >= 15 is 0 Å². The number of cyclic esters (lactones) is 1. The number of carbonyl (C=O) groups excluding carboxylic acids is 1. The molecule has 0 amide bonds. The van der Waals surface area contributed by atoms with Crippen molar-refractivity contribution >= 4 is 5.97 Å². The molecule has 0 aliphatic carbocycles. The monoisotopic (exact) mass is 233 g/mol. The SMILES string of the molecule is Cc1ccc(CN(C)[C@H]2C[C@@H](C)OC2=O)cc1. The Balaban J connectivity index is 1.99. The molecule has 2 atom stereocenters. The summed E-state index contributed by atoms with van der Waals surface area (Å²) in [6, 6.07) is 8.31. The molecule has 3 nitrogen and oxygen atoms in total. The van der Waals surface area contributed by atoms with Crippen molar-refractivity contribution in [2.24, 2.45) is 0 Å². The molecular formula is C14H19NO2. The zero-order valence-corrected chi connectivity index (χ0v) is 10.6. The number of likely N-dealkylation sites (N-methyl/N-ethyl adjacent to an activating group) is 1. The fourth-order valence-electron chi connectivity index (χ4n) is 2.19. The lowest BCUT2D eigenvalue weighted by Gasteiger charge is -2.21. The van der Waals surface area contributed by atoms with Crippen molar-refractivity contribution in [1.82, 2.24) is 4.90 Å². The van der Waals surface area contributed by atoms with E-state index in [9.17, 15) is 4.79 Å². The van der Waals surface area contributed by atoms with Crippen LogP contribution in [0.2, 0.25) is 0 Å². The Morgan fingerprint density at radius 3 is 2.53 bits per heavy atom. The van der Waals surface area contributed by atoms with E-state index in [0.717, 1.165) is 13.0 Å². The van der Waals surface area contributed by atoms with Crippen LogP contribution in [0.1, 0.15) is 24.5 Å². The Morgan fingerprint density at radius 1 is 1.35 bits per heavy atom. The van der Waals surface area contributed by atoms with Gasteiger partial charge in [-0.25, -0.2) is 0 Å². The molecular weight excluding hydrogens is 214 g/mol. The summed E-state index contributed by atoms with van der Waals surface area (Å²) in [5.41, 5.74) is 2.48. The number of ether oxygens (including phenoxy) is 1. The summed E-state index contributed by atoms with van der Waals surface area (Å²) in [5.74, 6) is -0.0906. The molecule has 0 saturated carbocycles. The first-order valence-corrected chi connectivity index (χ1v) is 6.02. The van der Waals surface area contributed by atoms with Crippen LogP contribution < -0.4 is 0 Å². The maximum atomic E-state index is 11.6. The maximum Gasteiger partial charge on any atom is 0.323 e. The van der Waals surface area contributed by atoms with Gasteiger partial charge in [-0.05, 0) is 26.5 Å². The van der Waals surface area contributed by atoms with Gasteiger partial charge in [0.05, 0.1) is 0 Å². The van der Waals surface area contributed by atoms with Gasteiger partial charge >= 0.3 is 5.97 Å². The molecule has 1 heterocycles. The van der Waals surface area contributed by atoms with E-state index in [2.05, 4.69) is 36.1 Å². The van der Waals surface area contributed by atoms with E-state index in [1.165, 1.54) is 11.1 Å². The van der Waals surface area contributed by atoms with E-state index < -0.39 is 0 Å². The highest BCUT2D eigenvalue weighted by molar-refractivity contribution is 5.77. The first-order valence-electron chi connectivity index (χ1n) is 6.02. The van der Waals surface area contributed by atoms with Crippen LogP contribution in [-0.4, -0.2) is 30.1 Å². The predicted molar refractivity (Wildman–Crippen MR) is 66.6 cm³/mol. The van der Waals surface area contributed by atoms with Crippen LogP contribution in [0.4, 0.5) is 0 Å². The standard InChI is InChI=1S/C14H19NO2/c1-10-4-6-12(7-5-10)9-15(3)13-8-11(2)17-14(13)16/h4-7,11,13H,8-9H2,1-3H3/t11-,13+/m1/s1. The molecule has 0 N–H and O–H groups in total. The Hall–Kier alpha value is -1.35. The average molecular weight is 233 g/mol. The molecule has 0 aromatic heterocycles. The van der Waals surface area contributed by atoms with Crippen molar-refractivity contribution in [1.29, 1.82) is 0 Å². The smallest absolute Gasteiger partial charge is 0.323 e. The summed E-state index contributed by atoms with van der Waals surface area (Å²) < 4.78 is 5.17. The van der Waals surface area contributed by atoms with Crippen LogP contribution >= 0.6 is 0 Å². The molecule has 3 heteroatoms. The lowest BCUT2D eigenvalue weighted by molar-refractivity contribution is -0.144. The molecule has 0 spiro atoms. The number of hydrogen-bond acceptors (Lipinski definition) is 3. The predicted octanol–water partition coefficient (Wildman–Crippen LogP) is 2.13. The average Bonchev–Trinajstić information content (AvgIpc) is 2.61. The van der Waals surface area contributed by atoms with Gasteiger partial charge in [0.25, 0.3) is 0 Å². The van der Waals surface area contributed by atoms with E-state index in [4.69, 9.17) is 4.74 Å². The van der Waals surface area contributed by atoms with Crippen LogP contribution in [0.3, 0.4) is 0 Å². The van der Waals surface area contributed by atoms with Crippen LogP contribution in [0.15, 0.2) is 24.3 Å². The lowest BCUT2D eigenvalue weighted by Crippen LogP contribution is -2.34. The van der Waals surface area contributed by atoms with E-state index in [-0.39, 0.29) is 18.1 Å². The molecule has 1 aliphatic heterocycles. The second-order valence-corrected chi connectivity index (χ2v) is 4.90. The Kier molecular flexibility index (Phi) is 3.48. The van der Waals surface area contributed by atoms with Crippen molar-refractivity contribution in [2.75, 3.05) is 7.05 Å². The minimum atomic E-state index is -0.0914. The first-order chi connectivity index (χ1) is 8.06. The number of carbonyl (C=O) groups is 1. The molecule has 17 heavy (non-hydrogen) atoms. The van der Waals surface area contributed by atoms with Gasteiger partial charge in [0.2, 0.25) is 0 Å². The van der Waals surface area contributed by atoms with Gasteiger partial charge in [-0.1, -0.05) is 29.8 Å². The van der Waals surface area contributed by atoms with Crippen molar-refractivity contribution in [3.05, 3.63) is 35.4 Å². The number of benzene rings is 1. The Bertz CT molecular complexity index is 399. The van der Waals surface area contributed by atoms with Crippen LogP contribution in [-0.2, 0) is 16.1 Å². The minimum Gasteiger partial charge on any atom is -0.461 e. The van der Waals surface area contributed by atoms with Crippen molar-refractivity contribution in [3.8, 4) is 0 Å². The Morgan fingerprint density at radius 2 is 2.00 bits per heavy atom. The molecule has 2 rings (SSSR count). The number of aryl methyl sites for hydroxylation is 1. The summed E-state index contributed by atoms with van der Waals surface area (Å²) in [6.07, 6.45) is 0.842. The number of rotatable bonds is 3. The minimum absolute atomic E-state index is 0.0490. The molecule has 0 radical (unpaired) electrons. The van der Waals surface area contributed by atoms with Gasteiger partial charge in [-0.15, -0.1) is 0 Å². The fourth-order valence-corrected chi connectivity index (χ4v) is 2.19. The van der Waals surface area contributed by atoms with Gasteiger partial charge in [-0.2, -0.15) is 0 Å². The summed E-state index contributed by atoms with van der Waals surface area (Å²) in [7, 11) is 1.98.